The molecule has 0 saturated heterocycles. The van der Waals surface area contributed by atoms with Crippen molar-refractivity contribution in [2.45, 2.75) is 19.3 Å². The maximum atomic E-state index is 11.3. The molecule has 5 heteroatoms. The van der Waals surface area contributed by atoms with Crippen molar-refractivity contribution in [2.75, 3.05) is 0 Å². The van der Waals surface area contributed by atoms with Crippen molar-refractivity contribution in [3.05, 3.63) is 35.9 Å². The molecule has 1 rings (SSSR count). The van der Waals surface area contributed by atoms with Crippen LogP contribution in [0.1, 0.15) is 12.5 Å². The molecule has 0 radical (unpaired) electrons. The number of aliphatic hydroxyl groups is 1. The fraction of sp³-hybridized carbons (Fsp3) is 0.273. The highest BCUT2D eigenvalue weighted by molar-refractivity contribution is 5.80. The second-order valence-electron chi connectivity index (χ2n) is 3.40. The van der Waals surface area contributed by atoms with Gasteiger partial charge in [-0.05, 0) is 12.5 Å². The minimum atomic E-state index is -1.99. The monoisotopic (exact) mass is 223 g/mol. The Labute approximate surface area is 93.0 Å². The molecule has 0 aliphatic heterocycles. The Morgan fingerprint density at radius 1 is 1.50 bits per heavy atom. The van der Waals surface area contributed by atoms with Crippen LogP contribution in [0.15, 0.2) is 30.3 Å². The number of benzene rings is 1. The zero-order valence-electron chi connectivity index (χ0n) is 8.84. The van der Waals surface area contributed by atoms with Gasteiger partial charge in [0, 0.05) is 0 Å². The van der Waals surface area contributed by atoms with E-state index in [1.54, 1.807) is 12.1 Å². The minimum Gasteiger partial charge on any atom is -0.457 e. The molecule has 2 N–H and O–H groups in total. The van der Waals surface area contributed by atoms with E-state index in [4.69, 9.17) is 4.74 Å². The standard InChI is InChI=1S/C11H13NO4/c1-11(15,12-8-13)10(14)16-7-9-5-3-2-4-6-9/h2-6,8,15H,7H2,1H3,(H,12,13). The molecule has 0 saturated carbocycles. The van der Waals surface area contributed by atoms with Crippen LogP contribution in [0.3, 0.4) is 0 Å². The summed E-state index contributed by atoms with van der Waals surface area (Å²) >= 11 is 0. The first kappa shape index (κ1) is 12.2. The largest absolute Gasteiger partial charge is 0.457 e. The Balaban J connectivity index is 2.50. The van der Waals surface area contributed by atoms with Gasteiger partial charge in [0.1, 0.15) is 6.61 Å². The Hall–Kier alpha value is -1.88. The summed E-state index contributed by atoms with van der Waals surface area (Å²) in [6.07, 6.45) is 0.240. The first-order chi connectivity index (χ1) is 7.56. The molecule has 1 amide bonds. The SMILES string of the molecule is CC(O)(NC=O)C(=O)OCc1ccccc1. The van der Waals surface area contributed by atoms with Crippen LogP contribution in [0.2, 0.25) is 0 Å². The van der Waals surface area contributed by atoms with Crippen molar-refractivity contribution in [2.24, 2.45) is 0 Å². The normalized spacial score (nSPS) is 13.6. The summed E-state index contributed by atoms with van der Waals surface area (Å²) in [5, 5.41) is 11.4. The van der Waals surface area contributed by atoms with Gasteiger partial charge in [-0.15, -0.1) is 0 Å². The Morgan fingerprint density at radius 2 is 2.12 bits per heavy atom. The van der Waals surface area contributed by atoms with E-state index in [2.05, 4.69) is 0 Å². The van der Waals surface area contributed by atoms with Crippen molar-refractivity contribution in [3.8, 4) is 0 Å². The van der Waals surface area contributed by atoms with E-state index >= 15 is 0 Å². The first-order valence-corrected chi connectivity index (χ1v) is 4.71. The summed E-state index contributed by atoms with van der Waals surface area (Å²) < 4.78 is 4.84. The second kappa shape index (κ2) is 5.27. The molecule has 0 spiro atoms. The Bertz CT molecular complexity index is 362. The summed E-state index contributed by atoms with van der Waals surface area (Å²) in [6, 6.07) is 9.04. The molecule has 1 unspecified atom stereocenters. The lowest BCUT2D eigenvalue weighted by Crippen LogP contribution is -2.49. The third-order valence-corrected chi connectivity index (χ3v) is 1.95. The molecule has 16 heavy (non-hydrogen) atoms. The van der Waals surface area contributed by atoms with Gasteiger partial charge in [0.15, 0.2) is 0 Å². The van der Waals surface area contributed by atoms with Crippen LogP contribution < -0.4 is 5.32 Å². The maximum absolute atomic E-state index is 11.3. The molecule has 0 heterocycles. The van der Waals surface area contributed by atoms with E-state index in [9.17, 15) is 14.7 Å². The fourth-order valence-electron chi connectivity index (χ4n) is 1.04. The van der Waals surface area contributed by atoms with E-state index in [0.29, 0.717) is 0 Å². The molecule has 1 atom stereocenters. The minimum absolute atomic E-state index is 0.0519. The average molecular weight is 223 g/mol. The van der Waals surface area contributed by atoms with Crippen LogP contribution in [0, 0.1) is 0 Å². The summed E-state index contributed by atoms with van der Waals surface area (Å²) in [5.74, 6) is -0.900. The number of carbonyl (C=O) groups excluding carboxylic acids is 2. The summed E-state index contributed by atoms with van der Waals surface area (Å²) in [4.78, 5) is 21.5. The summed E-state index contributed by atoms with van der Waals surface area (Å²) in [7, 11) is 0. The Morgan fingerprint density at radius 3 is 2.69 bits per heavy atom. The topological polar surface area (TPSA) is 75.6 Å². The lowest BCUT2D eigenvalue weighted by molar-refractivity contribution is -0.169. The van der Waals surface area contributed by atoms with Crippen LogP contribution in [0.4, 0.5) is 0 Å². The third-order valence-electron chi connectivity index (χ3n) is 1.95. The van der Waals surface area contributed by atoms with Crippen molar-refractivity contribution in [3.63, 3.8) is 0 Å². The van der Waals surface area contributed by atoms with Gasteiger partial charge in [-0.3, -0.25) is 4.79 Å². The van der Waals surface area contributed by atoms with Crippen molar-refractivity contribution >= 4 is 12.4 Å². The highest BCUT2D eigenvalue weighted by atomic mass is 16.6. The van der Waals surface area contributed by atoms with Crippen LogP contribution >= 0.6 is 0 Å². The lowest BCUT2D eigenvalue weighted by atomic mass is 10.2. The van der Waals surface area contributed by atoms with Crippen LogP contribution in [0.5, 0.6) is 0 Å². The number of hydrogen-bond donors (Lipinski definition) is 2. The van der Waals surface area contributed by atoms with Crippen molar-refractivity contribution in [1.82, 2.24) is 5.32 Å². The van der Waals surface area contributed by atoms with Gasteiger partial charge >= 0.3 is 5.97 Å². The van der Waals surface area contributed by atoms with Crippen LogP contribution in [-0.2, 0) is 20.9 Å². The molecule has 5 nitrogen and oxygen atoms in total. The van der Waals surface area contributed by atoms with E-state index in [1.807, 2.05) is 23.5 Å². The van der Waals surface area contributed by atoms with Crippen LogP contribution in [-0.4, -0.2) is 23.2 Å². The molecule has 0 aromatic heterocycles. The molecule has 1 aromatic carbocycles. The zero-order valence-corrected chi connectivity index (χ0v) is 8.84. The van der Waals surface area contributed by atoms with Crippen molar-refractivity contribution in [1.29, 1.82) is 0 Å². The smallest absolute Gasteiger partial charge is 0.359 e. The average Bonchev–Trinajstić information content (AvgIpc) is 2.27. The summed E-state index contributed by atoms with van der Waals surface area (Å²) in [5.41, 5.74) is -1.19. The number of amides is 1. The summed E-state index contributed by atoms with van der Waals surface area (Å²) in [6.45, 7) is 1.20. The van der Waals surface area contributed by atoms with Crippen LogP contribution in [0.25, 0.3) is 0 Å². The predicted molar refractivity (Wildman–Crippen MR) is 56.1 cm³/mol. The number of nitrogens with one attached hydrogen (secondary N) is 1. The molecule has 0 bridgehead atoms. The van der Waals surface area contributed by atoms with Gasteiger partial charge in [0.25, 0.3) is 0 Å². The van der Waals surface area contributed by atoms with Gasteiger partial charge in [0.05, 0.1) is 0 Å². The second-order valence-corrected chi connectivity index (χ2v) is 3.40. The van der Waals surface area contributed by atoms with Gasteiger partial charge < -0.3 is 15.2 Å². The Kier molecular flexibility index (Phi) is 4.02. The third kappa shape index (κ3) is 3.36. The highest BCUT2D eigenvalue weighted by Gasteiger charge is 2.31. The lowest BCUT2D eigenvalue weighted by Gasteiger charge is -2.19. The number of rotatable bonds is 5. The van der Waals surface area contributed by atoms with Gasteiger partial charge in [-0.1, -0.05) is 30.3 Å². The van der Waals surface area contributed by atoms with Gasteiger partial charge in [-0.2, -0.15) is 0 Å². The maximum Gasteiger partial charge on any atom is 0.359 e. The van der Waals surface area contributed by atoms with Crippen molar-refractivity contribution < 1.29 is 19.4 Å². The van der Waals surface area contributed by atoms with Gasteiger partial charge in [-0.25, -0.2) is 4.79 Å². The molecule has 0 aliphatic rings. The quantitative estimate of drug-likeness (QED) is 0.424. The first-order valence-electron chi connectivity index (χ1n) is 4.71. The number of esters is 1. The molecule has 0 fully saturated rings. The van der Waals surface area contributed by atoms with E-state index in [-0.39, 0.29) is 13.0 Å². The molecular weight excluding hydrogens is 210 g/mol. The van der Waals surface area contributed by atoms with E-state index in [1.165, 1.54) is 0 Å². The number of hydrogen-bond acceptors (Lipinski definition) is 4. The molecule has 86 valence electrons. The number of carbonyl (C=O) groups is 2. The van der Waals surface area contributed by atoms with E-state index < -0.39 is 11.7 Å². The number of ether oxygens (including phenoxy) is 1. The molecular formula is C11H13NO4. The molecule has 0 aliphatic carbocycles. The highest BCUT2D eigenvalue weighted by Crippen LogP contribution is 2.05. The zero-order chi connectivity index (χ0) is 12.0. The van der Waals surface area contributed by atoms with E-state index in [0.717, 1.165) is 12.5 Å². The predicted octanol–water partition coefficient (Wildman–Crippen LogP) is 0.184. The fourth-order valence-corrected chi connectivity index (χ4v) is 1.04. The van der Waals surface area contributed by atoms with Gasteiger partial charge in [0.2, 0.25) is 12.1 Å². The molecule has 1 aromatic rings.